The number of hydrogen-bond donors (Lipinski definition) is 2. The maximum atomic E-state index is 12.2. The molecular weight excluding hydrogens is 344 g/mol. The van der Waals surface area contributed by atoms with Crippen molar-refractivity contribution >= 4 is 29.9 Å². The molecule has 1 saturated heterocycles. The van der Waals surface area contributed by atoms with E-state index in [1.807, 2.05) is 24.0 Å². The van der Waals surface area contributed by atoms with Gasteiger partial charge in [0, 0.05) is 31.9 Å². The molecule has 0 atom stereocenters. The van der Waals surface area contributed by atoms with Crippen LogP contribution in [0.2, 0.25) is 0 Å². The van der Waals surface area contributed by atoms with Crippen molar-refractivity contribution in [3.8, 4) is 5.75 Å². The molecule has 0 aliphatic carbocycles. The zero-order valence-corrected chi connectivity index (χ0v) is 15.6. The van der Waals surface area contributed by atoms with Gasteiger partial charge in [-0.05, 0) is 38.2 Å². The minimum Gasteiger partial charge on any atom is -0.494 e. The molecule has 2 N–H and O–H groups in total. The monoisotopic (exact) mass is 370 g/mol. The molecule has 25 heavy (non-hydrogen) atoms. The molecule has 0 unspecified atom stereocenters. The Hall–Kier alpha value is -1.83. The number of anilines is 1. The van der Waals surface area contributed by atoms with Gasteiger partial charge < -0.3 is 20.3 Å². The number of rotatable bonds is 7. The van der Waals surface area contributed by atoms with E-state index in [9.17, 15) is 9.59 Å². The molecular formula is C17H27ClN4O3. The van der Waals surface area contributed by atoms with Crippen LogP contribution in [0.25, 0.3) is 0 Å². The third kappa shape index (κ3) is 7.29. The van der Waals surface area contributed by atoms with Gasteiger partial charge in [0.25, 0.3) is 0 Å². The van der Waals surface area contributed by atoms with E-state index in [2.05, 4.69) is 10.6 Å². The van der Waals surface area contributed by atoms with Crippen LogP contribution in [0.1, 0.15) is 6.92 Å². The molecule has 1 heterocycles. The summed E-state index contributed by atoms with van der Waals surface area (Å²) in [7, 11) is 1.78. The lowest BCUT2D eigenvalue weighted by Crippen LogP contribution is -2.49. The van der Waals surface area contributed by atoms with Crippen molar-refractivity contribution in [2.45, 2.75) is 6.92 Å². The molecule has 0 aromatic heterocycles. The van der Waals surface area contributed by atoms with Crippen LogP contribution >= 0.6 is 12.4 Å². The number of benzene rings is 1. The molecule has 2 amide bonds. The fraction of sp³-hybridized carbons (Fsp3) is 0.529. The molecule has 0 spiro atoms. The highest BCUT2D eigenvalue weighted by molar-refractivity contribution is 5.92. The van der Waals surface area contributed by atoms with Crippen LogP contribution in [0.5, 0.6) is 5.75 Å². The molecule has 1 aliphatic heterocycles. The first kappa shape index (κ1) is 21.2. The maximum absolute atomic E-state index is 12.2. The lowest BCUT2D eigenvalue weighted by atomic mass is 10.3. The fourth-order valence-electron chi connectivity index (χ4n) is 2.55. The zero-order valence-electron chi connectivity index (χ0n) is 14.8. The standard InChI is InChI=1S/C17H26N4O3.ClH/c1-3-24-15-6-4-14(5-7-15)19-16(22)12-20(2)13-17(23)21-10-8-18-9-11-21;/h4-7,18H,3,8-13H2,1-2H3,(H,19,22);1H. The van der Waals surface area contributed by atoms with E-state index >= 15 is 0 Å². The average molecular weight is 371 g/mol. The second-order valence-electron chi connectivity index (χ2n) is 5.81. The van der Waals surface area contributed by atoms with E-state index in [1.54, 1.807) is 24.1 Å². The predicted octanol–water partition coefficient (Wildman–Crippen LogP) is 0.809. The summed E-state index contributed by atoms with van der Waals surface area (Å²) in [5.41, 5.74) is 0.713. The van der Waals surface area contributed by atoms with E-state index in [-0.39, 0.29) is 37.3 Å². The fourth-order valence-corrected chi connectivity index (χ4v) is 2.55. The number of piperazine rings is 1. The Kier molecular flexibility index (Phi) is 9.26. The number of nitrogens with one attached hydrogen (secondary N) is 2. The Morgan fingerprint density at radius 2 is 1.84 bits per heavy atom. The smallest absolute Gasteiger partial charge is 0.238 e. The molecule has 140 valence electrons. The third-order valence-corrected chi connectivity index (χ3v) is 3.74. The topological polar surface area (TPSA) is 73.9 Å². The van der Waals surface area contributed by atoms with Crippen LogP contribution in [0.3, 0.4) is 0 Å². The number of hydrogen-bond acceptors (Lipinski definition) is 5. The summed E-state index contributed by atoms with van der Waals surface area (Å²) in [5.74, 6) is 0.692. The molecule has 0 saturated carbocycles. The maximum Gasteiger partial charge on any atom is 0.238 e. The Labute approximate surface area is 155 Å². The van der Waals surface area contributed by atoms with E-state index in [4.69, 9.17) is 4.74 Å². The van der Waals surface area contributed by atoms with Crippen molar-refractivity contribution in [2.75, 3.05) is 58.2 Å². The number of nitrogens with zero attached hydrogens (tertiary/aromatic N) is 2. The van der Waals surface area contributed by atoms with Crippen LogP contribution in [0, 0.1) is 0 Å². The minimum absolute atomic E-state index is 0. The van der Waals surface area contributed by atoms with Crippen molar-refractivity contribution in [2.24, 2.45) is 0 Å². The van der Waals surface area contributed by atoms with Gasteiger partial charge in [0.2, 0.25) is 11.8 Å². The van der Waals surface area contributed by atoms with Gasteiger partial charge in [-0.25, -0.2) is 0 Å². The Morgan fingerprint density at radius 3 is 2.44 bits per heavy atom. The van der Waals surface area contributed by atoms with Crippen molar-refractivity contribution in [3.05, 3.63) is 24.3 Å². The molecule has 1 aromatic carbocycles. The van der Waals surface area contributed by atoms with E-state index in [0.717, 1.165) is 31.9 Å². The van der Waals surface area contributed by atoms with Gasteiger partial charge in [0.15, 0.2) is 0 Å². The SMILES string of the molecule is CCOc1ccc(NC(=O)CN(C)CC(=O)N2CCNCC2)cc1.Cl. The number of likely N-dealkylation sites (N-methyl/N-ethyl adjacent to an activating group) is 1. The van der Waals surface area contributed by atoms with E-state index in [0.29, 0.717) is 12.3 Å². The van der Waals surface area contributed by atoms with Crippen LogP contribution in [-0.2, 0) is 9.59 Å². The summed E-state index contributed by atoms with van der Waals surface area (Å²) in [6.45, 7) is 6.06. The van der Waals surface area contributed by atoms with Crippen LogP contribution in [0.4, 0.5) is 5.69 Å². The third-order valence-electron chi connectivity index (χ3n) is 3.74. The lowest BCUT2D eigenvalue weighted by molar-refractivity contribution is -0.133. The number of carbonyl (C=O) groups is 2. The van der Waals surface area contributed by atoms with Gasteiger partial charge in [-0.15, -0.1) is 12.4 Å². The normalized spacial score (nSPS) is 14.0. The molecule has 1 aliphatic rings. The van der Waals surface area contributed by atoms with Gasteiger partial charge in [-0.3, -0.25) is 14.5 Å². The molecule has 0 radical (unpaired) electrons. The summed E-state index contributed by atoms with van der Waals surface area (Å²) in [4.78, 5) is 27.8. The van der Waals surface area contributed by atoms with Crippen LogP contribution < -0.4 is 15.4 Å². The van der Waals surface area contributed by atoms with Gasteiger partial charge in [0.05, 0.1) is 19.7 Å². The molecule has 1 aromatic rings. The highest BCUT2D eigenvalue weighted by Gasteiger charge is 2.18. The summed E-state index contributed by atoms with van der Waals surface area (Å²) >= 11 is 0. The average Bonchev–Trinajstić information content (AvgIpc) is 2.57. The summed E-state index contributed by atoms with van der Waals surface area (Å²) in [6, 6.07) is 7.23. The van der Waals surface area contributed by atoms with Gasteiger partial charge in [-0.2, -0.15) is 0 Å². The molecule has 8 heteroatoms. The summed E-state index contributed by atoms with van der Waals surface area (Å²) in [6.07, 6.45) is 0. The van der Waals surface area contributed by atoms with E-state index in [1.165, 1.54) is 0 Å². The first-order valence-corrected chi connectivity index (χ1v) is 8.28. The second-order valence-corrected chi connectivity index (χ2v) is 5.81. The van der Waals surface area contributed by atoms with E-state index < -0.39 is 0 Å². The van der Waals surface area contributed by atoms with Crippen molar-refractivity contribution in [3.63, 3.8) is 0 Å². The zero-order chi connectivity index (χ0) is 17.4. The van der Waals surface area contributed by atoms with Crippen LogP contribution in [0.15, 0.2) is 24.3 Å². The lowest BCUT2D eigenvalue weighted by Gasteiger charge is -2.29. The number of carbonyl (C=O) groups excluding carboxylic acids is 2. The van der Waals surface area contributed by atoms with Gasteiger partial charge in [-0.1, -0.05) is 0 Å². The Bertz CT molecular complexity index is 547. The van der Waals surface area contributed by atoms with Gasteiger partial charge in [0.1, 0.15) is 5.75 Å². The van der Waals surface area contributed by atoms with Crippen molar-refractivity contribution < 1.29 is 14.3 Å². The number of halogens is 1. The van der Waals surface area contributed by atoms with Gasteiger partial charge >= 0.3 is 0 Å². The highest BCUT2D eigenvalue weighted by atomic mass is 35.5. The highest BCUT2D eigenvalue weighted by Crippen LogP contribution is 2.15. The first-order valence-electron chi connectivity index (χ1n) is 8.28. The van der Waals surface area contributed by atoms with Crippen molar-refractivity contribution in [1.82, 2.24) is 15.1 Å². The summed E-state index contributed by atoms with van der Waals surface area (Å²) in [5, 5.41) is 6.04. The van der Waals surface area contributed by atoms with Crippen LogP contribution in [-0.4, -0.2) is 74.5 Å². The molecule has 7 nitrogen and oxygen atoms in total. The minimum atomic E-state index is -0.144. The molecule has 2 rings (SSSR count). The Balaban J connectivity index is 0.00000312. The summed E-state index contributed by atoms with van der Waals surface area (Å²) < 4.78 is 5.36. The quantitative estimate of drug-likeness (QED) is 0.743. The van der Waals surface area contributed by atoms with Crippen molar-refractivity contribution in [1.29, 1.82) is 0 Å². The largest absolute Gasteiger partial charge is 0.494 e. The molecule has 1 fully saturated rings. The predicted molar refractivity (Wildman–Crippen MR) is 100 cm³/mol. The Morgan fingerprint density at radius 1 is 1.20 bits per heavy atom. The molecule has 0 bridgehead atoms. The first-order chi connectivity index (χ1) is 11.6. The number of amides is 2. The number of ether oxygens (including phenoxy) is 1. The second kappa shape index (κ2) is 10.9.